The molecule has 0 atom stereocenters. The van der Waals surface area contributed by atoms with Gasteiger partial charge in [0.1, 0.15) is 12.1 Å². The lowest BCUT2D eigenvalue weighted by Crippen LogP contribution is -2.49. The summed E-state index contributed by atoms with van der Waals surface area (Å²) >= 11 is 3.42. The third-order valence-electron chi connectivity index (χ3n) is 4.31. The van der Waals surface area contributed by atoms with Crippen LogP contribution in [0.1, 0.15) is 0 Å². The molecule has 1 aliphatic heterocycles. The molecule has 136 valence electrons. The van der Waals surface area contributed by atoms with E-state index in [1.54, 1.807) is 12.3 Å². The van der Waals surface area contributed by atoms with Gasteiger partial charge in [-0.05, 0) is 34.1 Å². The maximum absolute atomic E-state index is 12.9. The Morgan fingerprint density at radius 2 is 1.81 bits per heavy atom. The number of hydrogen-bond acceptors (Lipinski definition) is 6. The topological polar surface area (TPSA) is 115 Å². The van der Waals surface area contributed by atoms with Crippen molar-refractivity contribution in [1.82, 2.24) is 24.2 Å². The summed E-state index contributed by atoms with van der Waals surface area (Å²) in [7, 11) is -3.63. The lowest BCUT2D eigenvalue weighted by Gasteiger charge is -2.34. The van der Waals surface area contributed by atoms with Crippen LogP contribution < -0.4 is 10.6 Å². The van der Waals surface area contributed by atoms with E-state index in [1.807, 2.05) is 4.90 Å². The molecule has 0 spiro atoms. The van der Waals surface area contributed by atoms with Crippen molar-refractivity contribution in [2.24, 2.45) is 0 Å². The number of nitrogens with zero attached hydrogens (tertiary/aromatic N) is 4. The van der Waals surface area contributed by atoms with E-state index in [2.05, 4.69) is 35.9 Å². The monoisotopic (exact) mass is 438 g/mol. The van der Waals surface area contributed by atoms with Crippen LogP contribution in [0.3, 0.4) is 0 Å². The zero-order valence-electron chi connectivity index (χ0n) is 13.5. The highest BCUT2D eigenvalue weighted by atomic mass is 79.9. The highest BCUT2D eigenvalue weighted by molar-refractivity contribution is 9.10. The van der Waals surface area contributed by atoms with Gasteiger partial charge < -0.3 is 14.9 Å². The molecule has 9 nitrogen and oxygen atoms in total. The third-order valence-corrected chi connectivity index (χ3v) is 6.77. The van der Waals surface area contributed by atoms with Crippen molar-refractivity contribution in [1.29, 1.82) is 0 Å². The molecule has 0 amide bonds. The Bertz CT molecular complexity index is 1120. The average molecular weight is 439 g/mol. The number of hydrogen-bond donors (Lipinski definition) is 2. The van der Waals surface area contributed by atoms with Crippen molar-refractivity contribution in [2.75, 3.05) is 31.1 Å². The molecule has 3 heterocycles. The molecule has 0 radical (unpaired) electrons. The Labute approximate surface area is 157 Å². The van der Waals surface area contributed by atoms with Crippen LogP contribution in [0, 0.1) is 0 Å². The van der Waals surface area contributed by atoms with Gasteiger partial charge in [-0.15, -0.1) is 0 Å². The summed E-state index contributed by atoms with van der Waals surface area (Å²) in [5.41, 5.74) is 0.686. The average Bonchev–Trinajstić information content (AvgIpc) is 3.01. The zero-order valence-corrected chi connectivity index (χ0v) is 15.9. The lowest BCUT2D eigenvalue weighted by molar-refractivity contribution is 0.383. The molecule has 0 aliphatic carbocycles. The number of piperazine rings is 1. The van der Waals surface area contributed by atoms with Gasteiger partial charge in [0.05, 0.1) is 20.4 Å². The summed E-state index contributed by atoms with van der Waals surface area (Å²) in [6.07, 6.45) is 3.13. The van der Waals surface area contributed by atoms with Crippen molar-refractivity contribution >= 4 is 42.8 Å². The van der Waals surface area contributed by atoms with Crippen LogP contribution >= 0.6 is 15.9 Å². The van der Waals surface area contributed by atoms with Gasteiger partial charge >= 0.3 is 5.69 Å². The van der Waals surface area contributed by atoms with Gasteiger partial charge in [-0.2, -0.15) is 4.31 Å². The summed E-state index contributed by atoms with van der Waals surface area (Å²) in [5.74, 6) is 0.753. The van der Waals surface area contributed by atoms with Crippen molar-refractivity contribution in [3.05, 3.63) is 45.7 Å². The predicted octanol–water partition coefficient (Wildman–Crippen LogP) is 0.920. The van der Waals surface area contributed by atoms with Crippen LogP contribution in [-0.2, 0) is 10.0 Å². The molecule has 2 N–H and O–H groups in total. The molecule has 4 rings (SSSR count). The number of nitrogens with one attached hydrogen (secondary N) is 2. The van der Waals surface area contributed by atoms with Gasteiger partial charge in [-0.1, -0.05) is 0 Å². The zero-order chi connectivity index (χ0) is 18.3. The maximum Gasteiger partial charge on any atom is 0.323 e. The van der Waals surface area contributed by atoms with E-state index in [-0.39, 0.29) is 10.6 Å². The highest BCUT2D eigenvalue weighted by Crippen LogP contribution is 2.25. The van der Waals surface area contributed by atoms with Crippen LogP contribution in [0.4, 0.5) is 5.82 Å². The fourth-order valence-electron chi connectivity index (χ4n) is 3.00. The number of imidazole rings is 1. The van der Waals surface area contributed by atoms with E-state index in [1.165, 1.54) is 22.8 Å². The first-order chi connectivity index (χ1) is 12.4. The minimum Gasteiger partial charge on any atom is -0.353 e. The van der Waals surface area contributed by atoms with E-state index in [4.69, 9.17) is 0 Å². The molecule has 0 bridgehead atoms. The normalized spacial score (nSPS) is 16.3. The summed E-state index contributed by atoms with van der Waals surface area (Å²) in [6, 6.07) is 4.58. The van der Waals surface area contributed by atoms with Crippen molar-refractivity contribution in [2.45, 2.75) is 4.90 Å². The minimum absolute atomic E-state index is 0.164. The van der Waals surface area contributed by atoms with Gasteiger partial charge in [0, 0.05) is 32.4 Å². The fraction of sp³-hybridized carbons (Fsp3) is 0.267. The SMILES string of the molecule is O=c1[nH]c2ccc(S(=O)(=O)N3CCN(c4ncncc4Br)CC3)cc2[nH]1. The smallest absolute Gasteiger partial charge is 0.323 e. The van der Waals surface area contributed by atoms with Gasteiger partial charge in [-0.3, -0.25) is 0 Å². The Morgan fingerprint density at radius 1 is 1.08 bits per heavy atom. The van der Waals surface area contributed by atoms with Crippen molar-refractivity contribution < 1.29 is 8.42 Å². The number of sulfonamides is 1. The Hall–Kier alpha value is -2.24. The molecule has 11 heteroatoms. The molecule has 2 aromatic heterocycles. The second kappa shape index (κ2) is 6.49. The second-order valence-corrected chi connectivity index (χ2v) is 8.66. The number of aromatic amines is 2. The van der Waals surface area contributed by atoms with Crippen LogP contribution in [0.15, 0.2) is 44.9 Å². The molecule has 1 aromatic carbocycles. The summed E-state index contributed by atoms with van der Waals surface area (Å²) in [4.78, 5) is 26.9. The molecule has 1 aliphatic rings. The Balaban J connectivity index is 1.55. The number of H-pyrrole nitrogens is 2. The number of benzene rings is 1. The number of aromatic nitrogens is 4. The van der Waals surface area contributed by atoms with E-state index in [0.717, 1.165) is 10.3 Å². The fourth-order valence-corrected chi connectivity index (χ4v) is 4.92. The predicted molar refractivity (Wildman–Crippen MR) is 99.6 cm³/mol. The van der Waals surface area contributed by atoms with Crippen LogP contribution in [-0.4, -0.2) is 58.8 Å². The first kappa shape index (κ1) is 17.2. The number of halogens is 1. The van der Waals surface area contributed by atoms with E-state index >= 15 is 0 Å². The summed E-state index contributed by atoms with van der Waals surface area (Å²) in [5, 5.41) is 0. The third kappa shape index (κ3) is 3.02. The number of anilines is 1. The molecule has 1 saturated heterocycles. The maximum atomic E-state index is 12.9. The van der Waals surface area contributed by atoms with Gasteiger partial charge in [-0.25, -0.2) is 23.2 Å². The van der Waals surface area contributed by atoms with Crippen LogP contribution in [0.25, 0.3) is 11.0 Å². The minimum atomic E-state index is -3.63. The van der Waals surface area contributed by atoms with Crippen molar-refractivity contribution in [3.63, 3.8) is 0 Å². The highest BCUT2D eigenvalue weighted by Gasteiger charge is 2.29. The first-order valence-electron chi connectivity index (χ1n) is 7.88. The van der Waals surface area contributed by atoms with Crippen LogP contribution in [0.5, 0.6) is 0 Å². The number of fused-ring (bicyclic) bond motifs is 1. The first-order valence-corrected chi connectivity index (χ1v) is 10.1. The molecule has 0 saturated carbocycles. The number of rotatable bonds is 3. The summed E-state index contributed by atoms with van der Waals surface area (Å²) in [6.45, 7) is 1.75. The Morgan fingerprint density at radius 3 is 2.54 bits per heavy atom. The van der Waals surface area contributed by atoms with E-state index < -0.39 is 10.0 Å². The largest absolute Gasteiger partial charge is 0.353 e. The molecule has 3 aromatic rings. The van der Waals surface area contributed by atoms with E-state index in [9.17, 15) is 13.2 Å². The molecule has 1 fully saturated rings. The van der Waals surface area contributed by atoms with E-state index in [0.29, 0.717) is 37.2 Å². The molecule has 0 unspecified atom stereocenters. The molecule has 26 heavy (non-hydrogen) atoms. The lowest BCUT2D eigenvalue weighted by atomic mass is 10.3. The van der Waals surface area contributed by atoms with Gasteiger partial charge in [0.15, 0.2) is 0 Å². The second-order valence-electron chi connectivity index (χ2n) is 5.87. The van der Waals surface area contributed by atoms with Gasteiger partial charge in [0.25, 0.3) is 0 Å². The molecular formula is C15H15BrN6O3S. The quantitative estimate of drug-likeness (QED) is 0.627. The Kier molecular flexibility index (Phi) is 4.29. The van der Waals surface area contributed by atoms with Crippen molar-refractivity contribution in [3.8, 4) is 0 Å². The van der Waals surface area contributed by atoms with Crippen LogP contribution in [0.2, 0.25) is 0 Å². The van der Waals surface area contributed by atoms with Gasteiger partial charge in [0.2, 0.25) is 10.0 Å². The standard InChI is InChI=1S/C15H15BrN6O3S/c16-11-8-17-9-18-14(11)21-3-5-22(6-4-21)26(24,25)10-1-2-12-13(7-10)20-15(23)19-12/h1-2,7-9H,3-6H2,(H2,19,20,23). The molecular weight excluding hydrogens is 424 g/mol. The summed E-state index contributed by atoms with van der Waals surface area (Å²) < 4.78 is 28.1.